The third kappa shape index (κ3) is 4.49. The summed E-state index contributed by atoms with van der Waals surface area (Å²) in [6, 6.07) is 5.67. The molecule has 1 aromatic carbocycles. The average molecular weight is 517 g/mol. The van der Waals surface area contributed by atoms with Gasteiger partial charge in [0.05, 0.1) is 22.3 Å². The van der Waals surface area contributed by atoms with Crippen molar-refractivity contribution in [2.75, 3.05) is 18.4 Å². The van der Waals surface area contributed by atoms with E-state index in [0.717, 1.165) is 36.0 Å². The summed E-state index contributed by atoms with van der Waals surface area (Å²) in [6.45, 7) is 7.26. The summed E-state index contributed by atoms with van der Waals surface area (Å²) in [5.74, 6) is 0.105. The van der Waals surface area contributed by atoms with E-state index in [1.54, 1.807) is 6.92 Å². The first-order valence-corrected chi connectivity index (χ1v) is 12.2. The zero-order valence-corrected chi connectivity index (χ0v) is 20.7. The van der Waals surface area contributed by atoms with Gasteiger partial charge in [-0.3, -0.25) is 19.0 Å². The van der Waals surface area contributed by atoms with E-state index in [1.165, 1.54) is 22.2 Å². The number of fused-ring (bicyclic) bond motifs is 1. The van der Waals surface area contributed by atoms with Gasteiger partial charge in [0.15, 0.2) is 0 Å². The third-order valence-electron chi connectivity index (χ3n) is 5.81. The van der Waals surface area contributed by atoms with E-state index in [4.69, 9.17) is 0 Å². The molecule has 4 rings (SSSR count). The fourth-order valence-corrected chi connectivity index (χ4v) is 5.68. The SMILES string of the molecule is Cc1ccc(NC(=O)c2sc3ncn(CC(=O)N4CCC[C@@H](C)C4)c(=O)c3c2C)c(Br)c1. The van der Waals surface area contributed by atoms with Crippen LogP contribution in [0.25, 0.3) is 10.2 Å². The van der Waals surface area contributed by atoms with Crippen LogP contribution in [0.2, 0.25) is 0 Å². The molecular weight excluding hydrogens is 492 g/mol. The molecule has 2 aromatic heterocycles. The van der Waals surface area contributed by atoms with Gasteiger partial charge in [-0.05, 0) is 71.8 Å². The Labute approximate surface area is 198 Å². The minimum absolute atomic E-state index is 0.0401. The number of anilines is 1. The van der Waals surface area contributed by atoms with E-state index < -0.39 is 0 Å². The van der Waals surface area contributed by atoms with Crippen molar-refractivity contribution in [2.24, 2.45) is 5.92 Å². The molecule has 0 aliphatic carbocycles. The highest BCUT2D eigenvalue weighted by molar-refractivity contribution is 9.10. The number of benzene rings is 1. The zero-order valence-electron chi connectivity index (χ0n) is 18.3. The van der Waals surface area contributed by atoms with Crippen LogP contribution in [0, 0.1) is 19.8 Å². The minimum atomic E-state index is -0.294. The number of carbonyl (C=O) groups excluding carboxylic acids is 2. The summed E-state index contributed by atoms with van der Waals surface area (Å²) in [5.41, 5.74) is 2.02. The quantitative estimate of drug-likeness (QED) is 0.558. The molecule has 0 saturated carbocycles. The molecule has 1 fully saturated rings. The van der Waals surface area contributed by atoms with Crippen LogP contribution in [0.3, 0.4) is 0 Å². The Hall–Kier alpha value is -2.52. The number of carbonyl (C=O) groups is 2. The first-order chi connectivity index (χ1) is 15.2. The predicted molar refractivity (Wildman–Crippen MR) is 130 cm³/mol. The molecule has 1 saturated heterocycles. The Morgan fingerprint density at radius 3 is 2.81 bits per heavy atom. The number of piperidine rings is 1. The summed E-state index contributed by atoms with van der Waals surface area (Å²) >= 11 is 4.65. The van der Waals surface area contributed by atoms with E-state index in [2.05, 4.69) is 33.2 Å². The van der Waals surface area contributed by atoms with Crippen molar-refractivity contribution < 1.29 is 9.59 Å². The van der Waals surface area contributed by atoms with Crippen LogP contribution in [0.15, 0.2) is 33.8 Å². The first kappa shape index (κ1) is 22.7. The maximum atomic E-state index is 13.1. The number of thiophene rings is 1. The van der Waals surface area contributed by atoms with Crippen LogP contribution < -0.4 is 10.9 Å². The number of rotatable bonds is 4. The Morgan fingerprint density at radius 1 is 1.31 bits per heavy atom. The molecular formula is C23H25BrN4O3S. The largest absolute Gasteiger partial charge is 0.341 e. The van der Waals surface area contributed by atoms with Gasteiger partial charge in [-0.25, -0.2) is 4.98 Å². The molecule has 1 N–H and O–H groups in total. The van der Waals surface area contributed by atoms with Crippen molar-refractivity contribution in [3.8, 4) is 0 Å². The smallest absolute Gasteiger partial charge is 0.266 e. The van der Waals surface area contributed by atoms with Crippen molar-refractivity contribution in [1.82, 2.24) is 14.5 Å². The summed E-state index contributed by atoms with van der Waals surface area (Å²) in [5, 5.41) is 3.29. The molecule has 1 aliphatic rings. The van der Waals surface area contributed by atoms with Crippen LogP contribution >= 0.6 is 27.3 Å². The van der Waals surface area contributed by atoms with Crippen molar-refractivity contribution in [3.63, 3.8) is 0 Å². The Bertz CT molecular complexity index is 1270. The molecule has 3 aromatic rings. The lowest BCUT2D eigenvalue weighted by Crippen LogP contribution is -2.42. The predicted octanol–water partition coefficient (Wildman–Crippen LogP) is 4.35. The molecule has 3 heterocycles. The van der Waals surface area contributed by atoms with Gasteiger partial charge in [0.1, 0.15) is 11.4 Å². The van der Waals surface area contributed by atoms with Gasteiger partial charge in [-0.15, -0.1) is 11.3 Å². The van der Waals surface area contributed by atoms with Crippen LogP contribution in [-0.2, 0) is 11.3 Å². The third-order valence-corrected chi connectivity index (χ3v) is 7.67. The number of nitrogens with zero attached hydrogens (tertiary/aromatic N) is 3. The summed E-state index contributed by atoms with van der Waals surface area (Å²) in [4.78, 5) is 45.9. The lowest BCUT2D eigenvalue weighted by Gasteiger charge is -2.31. The molecule has 0 radical (unpaired) electrons. The van der Waals surface area contributed by atoms with Gasteiger partial charge in [0.25, 0.3) is 11.5 Å². The number of aromatic nitrogens is 2. The molecule has 2 amide bonds. The van der Waals surface area contributed by atoms with Gasteiger partial charge >= 0.3 is 0 Å². The van der Waals surface area contributed by atoms with Gasteiger partial charge in [-0.2, -0.15) is 0 Å². The summed E-state index contributed by atoms with van der Waals surface area (Å²) in [6.07, 6.45) is 3.51. The molecule has 0 unspecified atom stereocenters. The van der Waals surface area contributed by atoms with Crippen molar-refractivity contribution in [2.45, 2.75) is 40.2 Å². The van der Waals surface area contributed by atoms with E-state index in [0.29, 0.717) is 32.3 Å². The van der Waals surface area contributed by atoms with E-state index in [1.807, 2.05) is 30.0 Å². The minimum Gasteiger partial charge on any atom is -0.341 e. The van der Waals surface area contributed by atoms with Crippen molar-refractivity contribution >= 4 is 55.0 Å². The Morgan fingerprint density at radius 2 is 2.09 bits per heavy atom. The lowest BCUT2D eigenvalue weighted by atomic mass is 10.0. The highest BCUT2D eigenvalue weighted by Gasteiger charge is 2.23. The maximum absolute atomic E-state index is 13.1. The summed E-state index contributed by atoms with van der Waals surface area (Å²) in [7, 11) is 0. The van der Waals surface area contributed by atoms with E-state index in [-0.39, 0.29) is 23.9 Å². The fourth-order valence-electron chi connectivity index (χ4n) is 4.05. The second-order valence-corrected chi connectivity index (χ2v) is 10.3. The standard InChI is InChI=1S/C23H25BrN4O3S/c1-13-6-7-17(16(24)9-13)26-21(30)20-15(3)19-22(32-20)25-12-28(23(19)31)11-18(29)27-8-4-5-14(2)10-27/h6-7,9,12,14H,4-5,8,10-11H2,1-3H3,(H,26,30)/t14-/m1/s1. The van der Waals surface area contributed by atoms with Gasteiger partial charge in [0, 0.05) is 17.6 Å². The Kier molecular flexibility index (Phi) is 6.48. The number of hydrogen-bond acceptors (Lipinski definition) is 5. The van der Waals surface area contributed by atoms with Gasteiger partial charge < -0.3 is 10.2 Å². The van der Waals surface area contributed by atoms with Crippen LogP contribution in [0.1, 0.15) is 40.6 Å². The molecule has 1 aliphatic heterocycles. The first-order valence-electron chi connectivity index (χ1n) is 10.6. The molecule has 32 heavy (non-hydrogen) atoms. The van der Waals surface area contributed by atoms with Crippen LogP contribution in [0.5, 0.6) is 0 Å². The highest BCUT2D eigenvalue weighted by atomic mass is 79.9. The number of hydrogen-bond donors (Lipinski definition) is 1. The molecule has 0 spiro atoms. The molecule has 168 valence electrons. The second kappa shape index (κ2) is 9.15. The maximum Gasteiger partial charge on any atom is 0.266 e. The highest BCUT2D eigenvalue weighted by Crippen LogP contribution is 2.29. The topological polar surface area (TPSA) is 84.3 Å². The van der Waals surface area contributed by atoms with Crippen molar-refractivity contribution in [1.29, 1.82) is 0 Å². The van der Waals surface area contributed by atoms with E-state index in [9.17, 15) is 14.4 Å². The van der Waals surface area contributed by atoms with Gasteiger partial charge in [0.2, 0.25) is 5.91 Å². The average Bonchev–Trinajstić information content (AvgIpc) is 3.09. The van der Waals surface area contributed by atoms with Crippen LogP contribution in [-0.4, -0.2) is 39.4 Å². The monoisotopic (exact) mass is 516 g/mol. The van der Waals surface area contributed by atoms with Gasteiger partial charge in [-0.1, -0.05) is 13.0 Å². The molecule has 7 nitrogen and oxygen atoms in total. The normalized spacial score (nSPS) is 16.4. The number of halogens is 1. The lowest BCUT2D eigenvalue weighted by molar-refractivity contribution is -0.133. The Balaban J connectivity index is 1.60. The molecule has 1 atom stereocenters. The fraction of sp³-hybridized carbons (Fsp3) is 0.391. The number of aryl methyl sites for hydroxylation is 2. The number of likely N-dealkylation sites (tertiary alicyclic amines) is 1. The number of nitrogens with one attached hydrogen (secondary N) is 1. The molecule has 0 bridgehead atoms. The molecule has 9 heteroatoms. The second-order valence-electron chi connectivity index (χ2n) is 8.44. The van der Waals surface area contributed by atoms with Crippen molar-refractivity contribution in [3.05, 3.63) is 55.4 Å². The number of amides is 2. The summed E-state index contributed by atoms with van der Waals surface area (Å²) < 4.78 is 2.14. The van der Waals surface area contributed by atoms with Crippen LogP contribution in [0.4, 0.5) is 5.69 Å². The zero-order chi connectivity index (χ0) is 23.0. The van der Waals surface area contributed by atoms with E-state index >= 15 is 0 Å².